The summed E-state index contributed by atoms with van der Waals surface area (Å²) in [6, 6.07) is 14.4. The summed E-state index contributed by atoms with van der Waals surface area (Å²) in [5.41, 5.74) is 4.39. The molecule has 2 atom stereocenters. The fraction of sp³-hybridized carbons (Fsp3) is 0.278. The van der Waals surface area contributed by atoms with Crippen molar-refractivity contribution < 1.29 is 4.79 Å². The lowest BCUT2D eigenvalue weighted by atomic mass is 10.1. The minimum absolute atomic E-state index is 0.106. The van der Waals surface area contributed by atoms with Crippen molar-refractivity contribution in [2.24, 2.45) is 5.92 Å². The first-order chi connectivity index (χ1) is 10.1. The summed E-state index contributed by atoms with van der Waals surface area (Å²) < 4.78 is 1.05. The van der Waals surface area contributed by atoms with Crippen molar-refractivity contribution in [2.45, 2.75) is 26.2 Å². The first-order valence-corrected chi connectivity index (χ1v) is 7.98. The third kappa shape index (κ3) is 3.03. The van der Waals surface area contributed by atoms with Crippen LogP contribution in [0.4, 0.5) is 5.69 Å². The highest BCUT2D eigenvalue weighted by atomic mass is 79.9. The Morgan fingerprint density at radius 1 is 1.14 bits per heavy atom. The molecule has 0 bridgehead atoms. The Balaban J connectivity index is 1.72. The fourth-order valence-electron chi connectivity index (χ4n) is 2.88. The third-order valence-electron chi connectivity index (χ3n) is 4.10. The van der Waals surface area contributed by atoms with Crippen LogP contribution in [0.15, 0.2) is 46.9 Å². The Morgan fingerprint density at radius 3 is 2.38 bits per heavy atom. The standard InChI is InChI=1S/C18H18BrNO/c1-11-8-14(19)9-12(2)17(11)20-18(21)16-10-15(16)13-6-4-3-5-7-13/h3-9,15-16H,10H2,1-2H3,(H,20,21). The van der Waals surface area contributed by atoms with Crippen molar-refractivity contribution in [1.29, 1.82) is 0 Å². The molecule has 2 unspecified atom stereocenters. The van der Waals surface area contributed by atoms with Gasteiger partial charge >= 0.3 is 0 Å². The van der Waals surface area contributed by atoms with Crippen molar-refractivity contribution in [3.8, 4) is 0 Å². The molecule has 0 spiro atoms. The van der Waals surface area contributed by atoms with Gasteiger partial charge in [0.2, 0.25) is 5.91 Å². The molecule has 0 heterocycles. The van der Waals surface area contributed by atoms with E-state index in [1.165, 1.54) is 5.56 Å². The summed E-state index contributed by atoms with van der Waals surface area (Å²) in [6.45, 7) is 4.05. The summed E-state index contributed by atoms with van der Waals surface area (Å²) in [7, 11) is 0. The molecule has 2 aromatic carbocycles. The highest BCUT2D eigenvalue weighted by molar-refractivity contribution is 9.10. The van der Waals surface area contributed by atoms with Gasteiger partial charge in [-0.25, -0.2) is 0 Å². The zero-order valence-electron chi connectivity index (χ0n) is 12.2. The number of carbonyl (C=O) groups is 1. The molecule has 2 nitrogen and oxygen atoms in total. The number of anilines is 1. The van der Waals surface area contributed by atoms with E-state index in [9.17, 15) is 4.79 Å². The van der Waals surface area contributed by atoms with Gasteiger partial charge in [-0.2, -0.15) is 0 Å². The molecule has 108 valence electrons. The van der Waals surface area contributed by atoms with Crippen molar-refractivity contribution >= 4 is 27.5 Å². The minimum Gasteiger partial charge on any atom is -0.325 e. The SMILES string of the molecule is Cc1cc(Br)cc(C)c1NC(=O)C1CC1c1ccccc1. The van der Waals surface area contributed by atoms with Crippen molar-refractivity contribution in [1.82, 2.24) is 0 Å². The molecule has 2 aromatic rings. The molecule has 3 rings (SSSR count). The van der Waals surface area contributed by atoms with E-state index in [1.54, 1.807) is 0 Å². The minimum atomic E-state index is 0.106. The highest BCUT2D eigenvalue weighted by Crippen LogP contribution is 2.48. The fourth-order valence-corrected chi connectivity index (χ4v) is 3.56. The second-order valence-electron chi connectivity index (χ2n) is 5.76. The van der Waals surface area contributed by atoms with Gasteiger partial charge in [-0.15, -0.1) is 0 Å². The van der Waals surface area contributed by atoms with Crippen LogP contribution >= 0.6 is 15.9 Å². The first-order valence-electron chi connectivity index (χ1n) is 7.19. The number of aryl methyl sites for hydroxylation is 2. The van der Waals surface area contributed by atoms with Crippen LogP contribution < -0.4 is 5.32 Å². The number of hydrogen-bond donors (Lipinski definition) is 1. The molecular formula is C18H18BrNO. The van der Waals surface area contributed by atoms with Gasteiger partial charge in [0.25, 0.3) is 0 Å². The summed E-state index contributed by atoms with van der Waals surface area (Å²) in [6.07, 6.45) is 0.949. The van der Waals surface area contributed by atoms with Crippen LogP contribution in [-0.4, -0.2) is 5.91 Å². The highest BCUT2D eigenvalue weighted by Gasteiger charge is 2.43. The van der Waals surface area contributed by atoms with Crippen LogP contribution in [-0.2, 0) is 4.79 Å². The maximum absolute atomic E-state index is 12.4. The summed E-state index contributed by atoms with van der Waals surface area (Å²) in [4.78, 5) is 12.4. The third-order valence-corrected chi connectivity index (χ3v) is 4.56. The maximum Gasteiger partial charge on any atom is 0.228 e. The number of hydrogen-bond acceptors (Lipinski definition) is 1. The topological polar surface area (TPSA) is 29.1 Å². The summed E-state index contributed by atoms with van der Waals surface area (Å²) in [5.74, 6) is 0.620. The second kappa shape index (κ2) is 5.64. The Hall–Kier alpha value is -1.61. The van der Waals surface area contributed by atoms with E-state index >= 15 is 0 Å². The predicted octanol–water partition coefficient (Wildman–Crippen LogP) is 4.81. The number of benzene rings is 2. The van der Waals surface area contributed by atoms with E-state index in [1.807, 2.05) is 44.2 Å². The number of rotatable bonds is 3. The number of amides is 1. The Labute approximate surface area is 133 Å². The monoisotopic (exact) mass is 343 g/mol. The molecule has 0 aromatic heterocycles. The lowest BCUT2D eigenvalue weighted by Crippen LogP contribution is -2.16. The van der Waals surface area contributed by atoms with Crippen molar-refractivity contribution in [3.05, 3.63) is 63.6 Å². The van der Waals surface area contributed by atoms with Crippen molar-refractivity contribution in [2.75, 3.05) is 5.32 Å². The Bertz CT molecular complexity index is 658. The summed E-state index contributed by atoms with van der Waals surface area (Å²) in [5, 5.41) is 3.11. The largest absolute Gasteiger partial charge is 0.325 e. The van der Waals surface area contributed by atoms with E-state index < -0.39 is 0 Å². The molecule has 0 radical (unpaired) electrons. The molecular weight excluding hydrogens is 326 g/mol. The number of carbonyl (C=O) groups excluding carboxylic acids is 1. The molecule has 1 saturated carbocycles. The van der Waals surface area contributed by atoms with Crippen LogP contribution in [0.3, 0.4) is 0 Å². The molecule has 1 amide bonds. The average molecular weight is 344 g/mol. The van der Waals surface area contributed by atoms with Gasteiger partial charge in [-0.05, 0) is 55.0 Å². The van der Waals surface area contributed by atoms with E-state index in [4.69, 9.17) is 0 Å². The molecule has 1 aliphatic carbocycles. The van der Waals surface area contributed by atoms with E-state index in [2.05, 4.69) is 33.4 Å². The van der Waals surface area contributed by atoms with Gasteiger partial charge in [-0.3, -0.25) is 4.79 Å². The van der Waals surface area contributed by atoms with E-state index in [-0.39, 0.29) is 11.8 Å². The molecule has 1 fully saturated rings. The zero-order chi connectivity index (χ0) is 15.0. The quantitative estimate of drug-likeness (QED) is 0.851. The average Bonchev–Trinajstić information content (AvgIpc) is 3.24. The van der Waals surface area contributed by atoms with Crippen LogP contribution in [0, 0.1) is 19.8 Å². The molecule has 1 N–H and O–H groups in total. The predicted molar refractivity (Wildman–Crippen MR) is 89.5 cm³/mol. The van der Waals surface area contributed by atoms with Gasteiger partial charge in [0.15, 0.2) is 0 Å². The van der Waals surface area contributed by atoms with Crippen LogP contribution in [0.25, 0.3) is 0 Å². The van der Waals surface area contributed by atoms with Gasteiger partial charge in [0, 0.05) is 16.1 Å². The van der Waals surface area contributed by atoms with Gasteiger partial charge in [-0.1, -0.05) is 46.3 Å². The van der Waals surface area contributed by atoms with Gasteiger partial charge in [0.1, 0.15) is 0 Å². The van der Waals surface area contributed by atoms with Gasteiger partial charge < -0.3 is 5.32 Å². The van der Waals surface area contributed by atoms with Gasteiger partial charge in [0.05, 0.1) is 0 Å². The molecule has 21 heavy (non-hydrogen) atoms. The zero-order valence-corrected chi connectivity index (χ0v) is 13.8. The smallest absolute Gasteiger partial charge is 0.228 e. The van der Waals surface area contributed by atoms with E-state index in [0.29, 0.717) is 5.92 Å². The maximum atomic E-state index is 12.4. The van der Waals surface area contributed by atoms with Crippen LogP contribution in [0.1, 0.15) is 29.0 Å². The van der Waals surface area contributed by atoms with Crippen LogP contribution in [0.5, 0.6) is 0 Å². The molecule has 3 heteroatoms. The van der Waals surface area contributed by atoms with Crippen LogP contribution in [0.2, 0.25) is 0 Å². The number of halogens is 1. The molecule has 0 aliphatic heterocycles. The number of nitrogens with one attached hydrogen (secondary N) is 1. The van der Waals surface area contributed by atoms with E-state index in [0.717, 1.165) is 27.7 Å². The molecule has 0 saturated heterocycles. The molecule has 1 aliphatic rings. The Morgan fingerprint density at radius 2 is 1.76 bits per heavy atom. The first kappa shape index (κ1) is 14.3. The van der Waals surface area contributed by atoms with Crippen molar-refractivity contribution in [3.63, 3.8) is 0 Å². The normalized spacial score (nSPS) is 20.1. The Kier molecular flexibility index (Phi) is 3.85. The second-order valence-corrected chi connectivity index (χ2v) is 6.68. The summed E-state index contributed by atoms with van der Waals surface area (Å²) >= 11 is 3.48. The lowest BCUT2D eigenvalue weighted by Gasteiger charge is -2.12. The lowest BCUT2D eigenvalue weighted by molar-refractivity contribution is -0.117.